The van der Waals surface area contributed by atoms with Crippen molar-refractivity contribution in [1.29, 1.82) is 0 Å². The summed E-state index contributed by atoms with van der Waals surface area (Å²) < 4.78 is 0. The molecule has 106 valence electrons. The zero-order chi connectivity index (χ0) is 13.8. The van der Waals surface area contributed by atoms with E-state index in [1.54, 1.807) is 0 Å². The molecule has 1 heterocycles. The predicted octanol–water partition coefficient (Wildman–Crippen LogP) is 2.71. The Kier molecular flexibility index (Phi) is 4.70. The normalized spacial score (nSPS) is 23.5. The smallest absolute Gasteiger partial charge is 0.0367 e. The molecule has 1 saturated heterocycles. The lowest BCUT2D eigenvalue weighted by atomic mass is 9.94. The molecule has 2 rings (SSSR count). The fourth-order valence-corrected chi connectivity index (χ4v) is 2.86. The van der Waals surface area contributed by atoms with Crippen LogP contribution in [-0.4, -0.2) is 32.2 Å². The Labute approximate surface area is 117 Å². The summed E-state index contributed by atoms with van der Waals surface area (Å²) in [6, 6.07) is 9.34. The van der Waals surface area contributed by atoms with Crippen LogP contribution in [0.3, 0.4) is 0 Å². The maximum Gasteiger partial charge on any atom is 0.0367 e. The zero-order valence-corrected chi connectivity index (χ0v) is 12.5. The summed E-state index contributed by atoms with van der Waals surface area (Å²) in [5.41, 5.74) is 8.73. The second-order valence-corrected chi connectivity index (χ2v) is 5.56. The minimum absolute atomic E-state index is 0.367. The lowest BCUT2D eigenvalue weighted by Gasteiger charge is -2.36. The molecule has 0 saturated carbocycles. The van der Waals surface area contributed by atoms with Crippen LogP contribution in [0.25, 0.3) is 0 Å². The van der Waals surface area contributed by atoms with Gasteiger partial charge in [0.15, 0.2) is 0 Å². The Balaban J connectivity index is 2.06. The molecular weight excluding hydrogens is 234 g/mol. The Morgan fingerprint density at radius 1 is 1.21 bits per heavy atom. The molecule has 0 radical (unpaired) electrons. The molecule has 0 amide bonds. The van der Waals surface area contributed by atoms with Crippen LogP contribution in [0.2, 0.25) is 0 Å². The van der Waals surface area contributed by atoms with Crippen molar-refractivity contribution in [2.24, 2.45) is 11.7 Å². The van der Waals surface area contributed by atoms with Crippen molar-refractivity contribution in [2.45, 2.75) is 33.2 Å². The van der Waals surface area contributed by atoms with Crippen molar-refractivity contribution in [3.63, 3.8) is 0 Å². The molecule has 3 heteroatoms. The molecule has 0 bridgehead atoms. The van der Waals surface area contributed by atoms with Crippen molar-refractivity contribution < 1.29 is 0 Å². The topological polar surface area (TPSA) is 32.5 Å². The first kappa shape index (κ1) is 14.2. The largest absolute Gasteiger partial charge is 0.372 e. The SMILES string of the molecule is CCN(CC)c1ccc(N2CCC(N)C(C)C2)cc1. The third-order valence-electron chi connectivity index (χ3n) is 4.32. The molecule has 1 aromatic rings. The summed E-state index contributed by atoms with van der Waals surface area (Å²) in [5.74, 6) is 0.580. The number of benzene rings is 1. The second-order valence-electron chi connectivity index (χ2n) is 5.56. The van der Waals surface area contributed by atoms with E-state index >= 15 is 0 Å². The van der Waals surface area contributed by atoms with Gasteiger partial charge in [0.1, 0.15) is 0 Å². The lowest BCUT2D eigenvalue weighted by molar-refractivity contribution is 0.383. The van der Waals surface area contributed by atoms with Crippen molar-refractivity contribution in [3.8, 4) is 0 Å². The predicted molar refractivity (Wildman–Crippen MR) is 84.0 cm³/mol. The van der Waals surface area contributed by atoms with Crippen LogP contribution in [0, 0.1) is 5.92 Å². The molecule has 2 unspecified atom stereocenters. The van der Waals surface area contributed by atoms with Gasteiger partial charge in [0.05, 0.1) is 0 Å². The maximum atomic E-state index is 6.09. The van der Waals surface area contributed by atoms with Crippen LogP contribution < -0.4 is 15.5 Å². The van der Waals surface area contributed by atoms with Crippen LogP contribution in [-0.2, 0) is 0 Å². The Bertz CT molecular complexity index is 383. The molecule has 3 nitrogen and oxygen atoms in total. The van der Waals surface area contributed by atoms with Gasteiger partial charge in [0, 0.05) is 43.6 Å². The van der Waals surface area contributed by atoms with E-state index in [-0.39, 0.29) is 0 Å². The van der Waals surface area contributed by atoms with E-state index in [1.807, 2.05) is 0 Å². The van der Waals surface area contributed by atoms with E-state index in [0.717, 1.165) is 32.6 Å². The van der Waals surface area contributed by atoms with Gasteiger partial charge < -0.3 is 15.5 Å². The molecule has 0 aliphatic carbocycles. The third-order valence-corrected chi connectivity index (χ3v) is 4.32. The molecule has 19 heavy (non-hydrogen) atoms. The molecule has 0 aromatic heterocycles. The number of piperidine rings is 1. The van der Waals surface area contributed by atoms with Crippen LogP contribution >= 0.6 is 0 Å². The van der Waals surface area contributed by atoms with Gasteiger partial charge in [-0.2, -0.15) is 0 Å². The van der Waals surface area contributed by atoms with Crippen molar-refractivity contribution in [3.05, 3.63) is 24.3 Å². The molecule has 1 aliphatic rings. The molecule has 2 N–H and O–H groups in total. The summed E-state index contributed by atoms with van der Waals surface area (Å²) >= 11 is 0. The highest BCUT2D eigenvalue weighted by molar-refractivity contribution is 5.56. The van der Waals surface area contributed by atoms with E-state index < -0.39 is 0 Å². The first-order valence-electron chi connectivity index (χ1n) is 7.51. The summed E-state index contributed by atoms with van der Waals surface area (Å²) in [6.45, 7) is 10.9. The van der Waals surface area contributed by atoms with Gasteiger partial charge in [-0.1, -0.05) is 6.92 Å². The molecule has 0 spiro atoms. The number of hydrogen-bond acceptors (Lipinski definition) is 3. The fourth-order valence-electron chi connectivity index (χ4n) is 2.86. The minimum Gasteiger partial charge on any atom is -0.372 e. The van der Waals surface area contributed by atoms with Crippen LogP contribution in [0.1, 0.15) is 27.2 Å². The van der Waals surface area contributed by atoms with Gasteiger partial charge in [-0.15, -0.1) is 0 Å². The first-order valence-corrected chi connectivity index (χ1v) is 7.51. The van der Waals surface area contributed by atoms with Gasteiger partial charge in [-0.3, -0.25) is 0 Å². The van der Waals surface area contributed by atoms with Crippen LogP contribution in [0.4, 0.5) is 11.4 Å². The van der Waals surface area contributed by atoms with Crippen molar-refractivity contribution >= 4 is 11.4 Å². The van der Waals surface area contributed by atoms with Crippen molar-refractivity contribution in [2.75, 3.05) is 36.0 Å². The first-order chi connectivity index (χ1) is 9.15. The van der Waals surface area contributed by atoms with Gasteiger partial charge >= 0.3 is 0 Å². The van der Waals surface area contributed by atoms with E-state index in [0.29, 0.717) is 12.0 Å². The highest BCUT2D eigenvalue weighted by atomic mass is 15.1. The lowest BCUT2D eigenvalue weighted by Crippen LogP contribution is -2.45. The van der Waals surface area contributed by atoms with Gasteiger partial charge in [0.25, 0.3) is 0 Å². The Morgan fingerprint density at radius 2 is 1.84 bits per heavy atom. The fraction of sp³-hybridized carbons (Fsp3) is 0.625. The average molecular weight is 261 g/mol. The van der Waals surface area contributed by atoms with Gasteiger partial charge in [0.2, 0.25) is 0 Å². The number of rotatable bonds is 4. The van der Waals surface area contributed by atoms with Crippen molar-refractivity contribution in [1.82, 2.24) is 0 Å². The summed E-state index contributed by atoms with van der Waals surface area (Å²) in [5, 5.41) is 0. The summed E-state index contributed by atoms with van der Waals surface area (Å²) in [7, 11) is 0. The zero-order valence-electron chi connectivity index (χ0n) is 12.5. The highest BCUT2D eigenvalue weighted by Crippen LogP contribution is 2.25. The molecule has 1 aromatic carbocycles. The van der Waals surface area contributed by atoms with E-state index in [4.69, 9.17) is 5.73 Å². The number of nitrogens with two attached hydrogens (primary N) is 1. The summed E-state index contributed by atoms with van der Waals surface area (Å²) in [4.78, 5) is 4.83. The molecule has 2 atom stereocenters. The van der Waals surface area contributed by atoms with E-state index in [1.165, 1.54) is 11.4 Å². The number of nitrogens with zero attached hydrogens (tertiary/aromatic N) is 2. The molecular formula is C16H27N3. The Hall–Kier alpha value is -1.22. The van der Waals surface area contributed by atoms with Crippen LogP contribution in [0.5, 0.6) is 0 Å². The highest BCUT2D eigenvalue weighted by Gasteiger charge is 2.23. The number of hydrogen-bond donors (Lipinski definition) is 1. The Morgan fingerprint density at radius 3 is 2.37 bits per heavy atom. The average Bonchev–Trinajstić information content (AvgIpc) is 2.44. The number of anilines is 2. The molecule has 1 aliphatic heterocycles. The summed E-state index contributed by atoms with van der Waals surface area (Å²) in [6.07, 6.45) is 1.10. The maximum absolute atomic E-state index is 6.09. The quantitative estimate of drug-likeness (QED) is 0.904. The van der Waals surface area contributed by atoms with Gasteiger partial charge in [-0.05, 0) is 50.5 Å². The second kappa shape index (κ2) is 6.29. The third kappa shape index (κ3) is 3.21. The standard InChI is InChI=1S/C16H27N3/c1-4-18(5-2)14-6-8-15(9-7-14)19-11-10-16(17)13(3)12-19/h6-9,13,16H,4-5,10-12,17H2,1-3H3. The van der Waals surface area contributed by atoms with Crippen LogP contribution in [0.15, 0.2) is 24.3 Å². The monoisotopic (exact) mass is 261 g/mol. The van der Waals surface area contributed by atoms with E-state index in [2.05, 4.69) is 54.8 Å². The minimum atomic E-state index is 0.367. The van der Waals surface area contributed by atoms with E-state index in [9.17, 15) is 0 Å². The van der Waals surface area contributed by atoms with Gasteiger partial charge in [-0.25, -0.2) is 0 Å². The molecule has 1 fully saturated rings.